The van der Waals surface area contributed by atoms with E-state index in [2.05, 4.69) is 61.4 Å². The molecule has 1 N–H and O–H groups in total. The fraction of sp³-hybridized carbons (Fsp3) is 0.667. The van der Waals surface area contributed by atoms with Crippen molar-refractivity contribution < 1.29 is 4.79 Å². The molecule has 4 nitrogen and oxygen atoms in total. The van der Waals surface area contributed by atoms with E-state index in [0.29, 0.717) is 24.0 Å². The molecule has 1 aliphatic heterocycles. The normalized spacial score (nSPS) is 27.5. The molecule has 1 atom stereocenters. The molecule has 1 amide bonds. The van der Waals surface area contributed by atoms with Gasteiger partial charge in [-0.1, -0.05) is 30.3 Å². The standard InChI is InChI=1S/C21H33N3O/c1-16(2)24-14-13-20(21(24)25)22-18-9-11-19(12-10-18)23(3)15-17-7-5-4-6-8-17/h4-8,16,18-20,22H,9-15H2,1-3H3/t18?,19?,20-/m0/s1. The van der Waals surface area contributed by atoms with Crippen LogP contribution in [0.25, 0.3) is 0 Å². The molecule has 3 rings (SSSR count). The van der Waals surface area contributed by atoms with Crippen LogP contribution in [0.15, 0.2) is 30.3 Å². The third kappa shape index (κ3) is 4.62. The molecule has 2 aliphatic rings. The predicted octanol–water partition coefficient (Wildman–Crippen LogP) is 3.03. The number of nitrogens with one attached hydrogen (secondary N) is 1. The summed E-state index contributed by atoms with van der Waals surface area (Å²) in [7, 11) is 2.24. The Balaban J connectivity index is 1.44. The summed E-state index contributed by atoms with van der Waals surface area (Å²) in [6.07, 6.45) is 5.75. The monoisotopic (exact) mass is 343 g/mol. The van der Waals surface area contributed by atoms with Crippen molar-refractivity contribution in [2.75, 3.05) is 13.6 Å². The lowest BCUT2D eigenvalue weighted by Crippen LogP contribution is -2.47. The molecular weight excluding hydrogens is 310 g/mol. The fourth-order valence-electron chi connectivity index (χ4n) is 4.34. The first-order valence-corrected chi connectivity index (χ1v) is 9.85. The first kappa shape index (κ1) is 18.4. The van der Waals surface area contributed by atoms with E-state index in [1.165, 1.54) is 31.2 Å². The molecule has 0 radical (unpaired) electrons. The van der Waals surface area contributed by atoms with E-state index >= 15 is 0 Å². The van der Waals surface area contributed by atoms with Gasteiger partial charge < -0.3 is 10.2 Å². The van der Waals surface area contributed by atoms with Crippen LogP contribution in [0, 0.1) is 0 Å². The van der Waals surface area contributed by atoms with Gasteiger partial charge in [0.25, 0.3) is 0 Å². The number of amides is 1. The number of hydrogen-bond acceptors (Lipinski definition) is 3. The Hall–Kier alpha value is -1.39. The molecule has 25 heavy (non-hydrogen) atoms. The Kier molecular flexibility index (Phi) is 6.13. The van der Waals surface area contributed by atoms with Crippen molar-refractivity contribution in [3.8, 4) is 0 Å². The van der Waals surface area contributed by atoms with Crippen LogP contribution in [0.4, 0.5) is 0 Å². The Morgan fingerprint density at radius 3 is 2.40 bits per heavy atom. The van der Waals surface area contributed by atoms with Crippen LogP contribution in [-0.4, -0.2) is 53.5 Å². The molecule has 1 saturated carbocycles. The van der Waals surface area contributed by atoms with Gasteiger partial charge in [-0.05, 0) is 58.6 Å². The van der Waals surface area contributed by atoms with Gasteiger partial charge in [0.1, 0.15) is 0 Å². The lowest BCUT2D eigenvalue weighted by atomic mass is 9.89. The summed E-state index contributed by atoms with van der Waals surface area (Å²) in [6, 6.07) is 12.2. The summed E-state index contributed by atoms with van der Waals surface area (Å²) in [6.45, 7) is 6.14. The van der Waals surface area contributed by atoms with Crippen LogP contribution in [-0.2, 0) is 11.3 Å². The van der Waals surface area contributed by atoms with Gasteiger partial charge in [0.15, 0.2) is 0 Å². The second-order valence-corrected chi connectivity index (χ2v) is 8.04. The molecule has 0 unspecified atom stereocenters. The molecular formula is C21H33N3O. The number of benzene rings is 1. The van der Waals surface area contributed by atoms with Crippen LogP contribution in [0.3, 0.4) is 0 Å². The van der Waals surface area contributed by atoms with Gasteiger partial charge in [0.2, 0.25) is 5.91 Å². The minimum Gasteiger partial charge on any atom is -0.339 e. The van der Waals surface area contributed by atoms with E-state index in [-0.39, 0.29) is 6.04 Å². The van der Waals surface area contributed by atoms with E-state index in [1.54, 1.807) is 0 Å². The van der Waals surface area contributed by atoms with Crippen molar-refractivity contribution in [2.24, 2.45) is 0 Å². The zero-order valence-corrected chi connectivity index (χ0v) is 15.9. The number of likely N-dealkylation sites (tertiary alicyclic amines) is 1. The van der Waals surface area contributed by atoms with Gasteiger partial charge in [-0.25, -0.2) is 0 Å². The fourth-order valence-corrected chi connectivity index (χ4v) is 4.34. The van der Waals surface area contributed by atoms with Gasteiger partial charge in [-0.15, -0.1) is 0 Å². The van der Waals surface area contributed by atoms with E-state index in [4.69, 9.17) is 0 Å². The highest BCUT2D eigenvalue weighted by Gasteiger charge is 2.35. The van der Waals surface area contributed by atoms with E-state index in [1.807, 2.05) is 4.90 Å². The maximum atomic E-state index is 12.5. The Labute approximate surface area is 152 Å². The maximum absolute atomic E-state index is 12.5. The zero-order valence-electron chi connectivity index (χ0n) is 15.9. The van der Waals surface area contributed by atoms with E-state index < -0.39 is 0 Å². The van der Waals surface area contributed by atoms with Crippen LogP contribution in [0.2, 0.25) is 0 Å². The minimum atomic E-state index is 0.0472. The molecule has 1 heterocycles. The van der Waals surface area contributed by atoms with Crippen LogP contribution in [0.5, 0.6) is 0 Å². The summed E-state index contributed by atoms with van der Waals surface area (Å²) >= 11 is 0. The van der Waals surface area contributed by atoms with Crippen molar-refractivity contribution >= 4 is 5.91 Å². The summed E-state index contributed by atoms with van der Waals surface area (Å²) < 4.78 is 0. The Bertz CT molecular complexity index is 552. The molecule has 4 heteroatoms. The molecule has 1 aromatic rings. The minimum absolute atomic E-state index is 0.0472. The number of carbonyl (C=O) groups is 1. The second-order valence-electron chi connectivity index (χ2n) is 8.04. The van der Waals surface area contributed by atoms with Gasteiger partial charge in [0, 0.05) is 31.2 Å². The highest BCUT2D eigenvalue weighted by Crippen LogP contribution is 2.25. The Morgan fingerprint density at radius 2 is 1.80 bits per heavy atom. The lowest BCUT2D eigenvalue weighted by molar-refractivity contribution is -0.131. The zero-order chi connectivity index (χ0) is 17.8. The molecule has 0 spiro atoms. The molecule has 0 aromatic heterocycles. The van der Waals surface area contributed by atoms with Crippen molar-refractivity contribution in [3.63, 3.8) is 0 Å². The average Bonchev–Trinajstić information content (AvgIpc) is 2.97. The largest absolute Gasteiger partial charge is 0.339 e. The third-order valence-electron chi connectivity index (χ3n) is 5.89. The second kappa shape index (κ2) is 8.33. The van der Waals surface area contributed by atoms with E-state index in [0.717, 1.165) is 19.5 Å². The number of carbonyl (C=O) groups excluding carboxylic acids is 1. The van der Waals surface area contributed by atoms with E-state index in [9.17, 15) is 4.79 Å². The highest BCUT2D eigenvalue weighted by atomic mass is 16.2. The van der Waals surface area contributed by atoms with Gasteiger partial charge >= 0.3 is 0 Å². The molecule has 138 valence electrons. The number of hydrogen-bond donors (Lipinski definition) is 1. The average molecular weight is 344 g/mol. The summed E-state index contributed by atoms with van der Waals surface area (Å²) in [4.78, 5) is 17.0. The van der Waals surface area contributed by atoms with Gasteiger partial charge in [-0.3, -0.25) is 9.69 Å². The van der Waals surface area contributed by atoms with Crippen LogP contribution >= 0.6 is 0 Å². The molecule has 0 bridgehead atoms. The summed E-state index contributed by atoms with van der Waals surface area (Å²) in [5.41, 5.74) is 1.38. The molecule has 1 aromatic carbocycles. The highest BCUT2D eigenvalue weighted by molar-refractivity contribution is 5.84. The summed E-state index contributed by atoms with van der Waals surface area (Å²) in [5, 5.41) is 3.65. The molecule has 1 saturated heterocycles. The van der Waals surface area contributed by atoms with Crippen LogP contribution < -0.4 is 5.32 Å². The maximum Gasteiger partial charge on any atom is 0.240 e. The first-order chi connectivity index (χ1) is 12.0. The van der Waals surface area contributed by atoms with Gasteiger partial charge in [-0.2, -0.15) is 0 Å². The van der Waals surface area contributed by atoms with Crippen molar-refractivity contribution in [1.29, 1.82) is 0 Å². The van der Waals surface area contributed by atoms with Gasteiger partial charge in [0.05, 0.1) is 6.04 Å². The lowest BCUT2D eigenvalue weighted by Gasteiger charge is -2.36. The predicted molar refractivity (Wildman–Crippen MR) is 102 cm³/mol. The summed E-state index contributed by atoms with van der Waals surface area (Å²) in [5.74, 6) is 0.304. The smallest absolute Gasteiger partial charge is 0.240 e. The SMILES string of the molecule is CC(C)N1CC[C@H](NC2CCC(N(C)Cc3ccccc3)CC2)C1=O. The number of rotatable bonds is 6. The third-order valence-corrected chi connectivity index (χ3v) is 5.89. The van der Waals surface area contributed by atoms with Crippen molar-refractivity contribution in [3.05, 3.63) is 35.9 Å². The Morgan fingerprint density at radius 1 is 1.12 bits per heavy atom. The molecule has 1 aliphatic carbocycles. The van der Waals surface area contributed by atoms with Crippen molar-refractivity contribution in [2.45, 2.75) is 76.7 Å². The first-order valence-electron chi connectivity index (χ1n) is 9.85. The quantitative estimate of drug-likeness (QED) is 0.862. The number of nitrogens with zero attached hydrogens (tertiary/aromatic N) is 2. The van der Waals surface area contributed by atoms with Crippen molar-refractivity contribution in [1.82, 2.24) is 15.1 Å². The topological polar surface area (TPSA) is 35.6 Å². The molecule has 2 fully saturated rings. The van der Waals surface area contributed by atoms with Crippen LogP contribution in [0.1, 0.15) is 51.5 Å².